The van der Waals surface area contributed by atoms with Crippen molar-refractivity contribution >= 4 is 6.03 Å². The van der Waals surface area contributed by atoms with Gasteiger partial charge in [0, 0.05) is 18.5 Å². The zero-order chi connectivity index (χ0) is 7.90. The number of urea groups is 1. The van der Waals surface area contributed by atoms with Crippen molar-refractivity contribution in [2.75, 3.05) is 13.1 Å². The maximum absolute atomic E-state index is 10.8. The third kappa shape index (κ3) is 1.19. The second-order valence-corrected chi connectivity index (χ2v) is 3.96. The Morgan fingerprint density at radius 2 is 1.91 bits per heavy atom. The van der Waals surface area contributed by atoms with Crippen LogP contribution in [-0.4, -0.2) is 19.1 Å². The van der Waals surface area contributed by atoms with Gasteiger partial charge < -0.3 is 10.6 Å². The van der Waals surface area contributed by atoms with Crippen molar-refractivity contribution in [1.82, 2.24) is 10.6 Å². The van der Waals surface area contributed by atoms with Crippen LogP contribution in [0.25, 0.3) is 0 Å². The minimum absolute atomic E-state index is 0.0110. The monoisotopic (exact) mass is 154 g/mol. The maximum atomic E-state index is 10.8. The lowest BCUT2D eigenvalue weighted by Gasteiger charge is -2.34. The van der Waals surface area contributed by atoms with Gasteiger partial charge in [-0.15, -0.1) is 0 Å². The molecular weight excluding hydrogens is 140 g/mol. The van der Waals surface area contributed by atoms with Gasteiger partial charge in [0.25, 0.3) is 0 Å². The van der Waals surface area contributed by atoms with E-state index in [0.717, 1.165) is 19.0 Å². The van der Waals surface area contributed by atoms with E-state index in [1.54, 1.807) is 0 Å². The van der Waals surface area contributed by atoms with E-state index >= 15 is 0 Å². The molecule has 0 aromatic rings. The van der Waals surface area contributed by atoms with E-state index in [2.05, 4.69) is 17.6 Å². The molecule has 3 heteroatoms. The Labute approximate surface area is 66.5 Å². The van der Waals surface area contributed by atoms with Crippen LogP contribution in [-0.2, 0) is 0 Å². The molecule has 0 bridgehead atoms. The second kappa shape index (κ2) is 2.13. The zero-order valence-electron chi connectivity index (χ0n) is 6.81. The van der Waals surface area contributed by atoms with Crippen LogP contribution >= 0.6 is 0 Å². The molecule has 2 rings (SSSR count). The van der Waals surface area contributed by atoms with Crippen LogP contribution < -0.4 is 10.6 Å². The summed E-state index contributed by atoms with van der Waals surface area (Å²) in [6, 6.07) is -0.0110. The summed E-state index contributed by atoms with van der Waals surface area (Å²) in [5, 5.41) is 5.69. The average molecular weight is 154 g/mol. The summed E-state index contributed by atoms with van der Waals surface area (Å²) < 4.78 is 0. The smallest absolute Gasteiger partial charge is 0.314 e. The molecule has 0 radical (unpaired) electrons. The van der Waals surface area contributed by atoms with Crippen LogP contribution in [0.2, 0.25) is 0 Å². The Kier molecular flexibility index (Phi) is 1.34. The van der Waals surface area contributed by atoms with Crippen molar-refractivity contribution in [3.05, 3.63) is 0 Å². The fourth-order valence-corrected chi connectivity index (χ4v) is 1.76. The molecule has 0 unspecified atom stereocenters. The number of nitrogens with one attached hydrogen (secondary N) is 2. The fraction of sp³-hybridized carbons (Fsp3) is 0.875. The Morgan fingerprint density at radius 1 is 1.36 bits per heavy atom. The third-order valence-electron chi connectivity index (χ3n) is 2.87. The second-order valence-electron chi connectivity index (χ2n) is 3.96. The maximum Gasteiger partial charge on any atom is 0.314 e. The van der Waals surface area contributed by atoms with Crippen molar-refractivity contribution in [1.29, 1.82) is 0 Å². The number of carbonyl (C=O) groups excluding carboxylic acids is 1. The van der Waals surface area contributed by atoms with Crippen LogP contribution in [0.15, 0.2) is 0 Å². The Morgan fingerprint density at radius 3 is 2.36 bits per heavy atom. The van der Waals surface area contributed by atoms with E-state index in [4.69, 9.17) is 0 Å². The molecule has 2 aliphatic rings. The van der Waals surface area contributed by atoms with E-state index in [-0.39, 0.29) is 6.03 Å². The van der Waals surface area contributed by atoms with Crippen LogP contribution in [0, 0.1) is 11.3 Å². The summed E-state index contributed by atoms with van der Waals surface area (Å²) in [5.41, 5.74) is 0.327. The highest BCUT2D eigenvalue weighted by Crippen LogP contribution is 2.45. The van der Waals surface area contributed by atoms with E-state index in [0.29, 0.717) is 5.41 Å². The van der Waals surface area contributed by atoms with Gasteiger partial charge in [0.2, 0.25) is 0 Å². The summed E-state index contributed by atoms with van der Waals surface area (Å²) in [6.45, 7) is 3.95. The minimum atomic E-state index is -0.0110. The molecule has 1 aliphatic carbocycles. The predicted molar refractivity (Wildman–Crippen MR) is 42.2 cm³/mol. The van der Waals surface area contributed by atoms with E-state index in [1.807, 2.05) is 0 Å². The molecule has 3 nitrogen and oxygen atoms in total. The van der Waals surface area contributed by atoms with Crippen LogP contribution in [0.4, 0.5) is 4.79 Å². The van der Waals surface area contributed by atoms with Gasteiger partial charge in [-0.25, -0.2) is 4.79 Å². The van der Waals surface area contributed by atoms with E-state index in [1.165, 1.54) is 12.8 Å². The topological polar surface area (TPSA) is 41.1 Å². The molecule has 2 N–H and O–H groups in total. The number of amides is 2. The molecule has 1 heterocycles. The molecule has 2 fully saturated rings. The number of hydrogen-bond donors (Lipinski definition) is 2. The first-order valence-electron chi connectivity index (χ1n) is 4.22. The highest BCUT2D eigenvalue weighted by atomic mass is 16.2. The van der Waals surface area contributed by atoms with Crippen molar-refractivity contribution in [3.8, 4) is 0 Å². The van der Waals surface area contributed by atoms with Crippen molar-refractivity contribution in [2.45, 2.75) is 19.8 Å². The number of carbonyl (C=O) groups is 1. The molecule has 1 saturated carbocycles. The quantitative estimate of drug-likeness (QED) is 0.574. The minimum Gasteiger partial charge on any atom is -0.338 e. The van der Waals surface area contributed by atoms with Gasteiger partial charge in [-0.1, -0.05) is 6.92 Å². The number of hydrogen-bond acceptors (Lipinski definition) is 1. The van der Waals surface area contributed by atoms with E-state index < -0.39 is 0 Å². The predicted octanol–water partition coefficient (Wildman–Crippen LogP) is 0.715. The molecule has 62 valence electrons. The van der Waals surface area contributed by atoms with Gasteiger partial charge in [-0.3, -0.25) is 0 Å². The third-order valence-corrected chi connectivity index (χ3v) is 2.87. The zero-order valence-corrected chi connectivity index (χ0v) is 6.81. The van der Waals surface area contributed by atoms with Crippen molar-refractivity contribution in [3.63, 3.8) is 0 Å². The summed E-state index contributed by atoms with van der Waals surface area (Å²) in [5.74, 6) is 0.843. The lowest BCUT2D eigenvalue weighted by atomic mass is 9.84. The first-order chi connectivity index (χ1) is 5.21. The van der Waals surface area contributed by atoms with Crippen molar-refractivity contribution < 1.29 is 4.79 Å². The molecule has 2 amide bonds. The Bertz CT molecular complexity index is 177. The molecule has 1 aliphatic heterocycles. The van der Waals surface area contributed by atoms with Crippen LogP contribution in [0.5, 0.6) is 0 Å². The van der Waals surface area contributed by atoms with Gasteiger partial charge in [0.1, 0.15) is 0 Å². The summed E-state index contributed by atoms with van der Waals surface area (Å²) >= 11 is 0. The standard InChI is InChI=1S/C8H14N2O/c1-8(6-2-3-6)4-9-7(11)10-5-8/h6H,2-5H2,1H3,(H2,9,10,11). The fourth-order valence-electron chi connectivity index (χ4n) is 1.76. The van der Waals surface area contributed by atoms with Crippen LogP contribution in [0.1, 0.15) is 19.8 Å². The normalized spacial score (nSPS) is 29.0. The van der Waals surface area contributed by atoms with Gasteiger partial charge in [0.15, 0.2) is 0 Å². The van der Waals surface area contributed by atoms with Crippen molar-refractivity contribution in [2.24, 2.45) is 11.3 Å². The summed E-state index contributed by atoms with van der Waals surface area (Å²) in [4.78, 5) is 10.8. The average Bonchev–Trinajstić information content (AvgIpc) is 2.77. The Hall–Kier alpha value is -0.730. The number of rotatable bonds is 1. The lowest BCUT2D eigenvalue weighted by Crippen LogP contribution is -2.54. The SMILES string of the molecule is CC1(C2CC2)CNC(=O)NC1. The summed E-state index contributed by atoms with van der Waals surface area (Å²) in [7, 11) is 0. The van der Waals surface area contributed by atoms with Crippen LogP contribution in [0.3, 0.4) is 0 Å². The lowest BCUT2D eigenvalue weighted by molar-refractivity contribution is 0.191. The molecule has 11 heavy (non-hydrogen) atoms. The highest BCUT2D eigenvalue weighted by Gasteiger charge is 2.43. The molecular formula is C8H14N2O. The first-order valence-corrected chi connectivity index (χ1v) is 4.22. The van der Waals surface area contributed by atoms with Gasteiger partial charge in [-0.2, -0.15) is 0 Å². The van der Waals surface area contributed by atoms with Gasteiger partial charge in [0.05, 0.1) is 0 Å². The molecule has 0 aromatic heterocycles. The molecule has 0 spiro atoms. The largest absolute Gasteiger partial charge is 0.338 e. The van der Waals surface area contributed by atoms with E-state index in [9.17, 15) is 4.79 Å². The van der Waals surface area contributed by atoms with Gasteiger partial charge >= 0.3 is 6.03 Å². The van der Waals surface area contributed by atoms with Gasteiger partial charge in [-0.05, 0) is 18.8 Å². The summed E-state index contributed by atoms with van der Waals surface area (Å²) in [6.07, 6.45) is 2.68. The molecule has 0 aromatic carbocycles. The Balaban J connectivity index is 1.98. The molecule has 0 atom stereocenters. The molecule has 1 saturated heterocycles. The first kappa shape index (κ1) is 6.95. The highest BCUT2D eigenvalue weighted by molar-refractivity contribution is 5.74.